The predicted molar refractivity (Wildman–Crippen MR) is 101 cm³/mol. The average Bonchev–Trinajstić information content (AvgIpc) is 2.66. The number of fused-ring (bicyclic) bond motifs is 1. The van der Waals surface area contributed by atoms with Gasteiger partial charge in [-0.15, -0.1) is 0 Å². The Balaban J connectivity index is 0.00000280. The number of likely N-dealkylation sites (tertiary alicyclic amines) is 1. The van der Waals surface area contributed by atoms with Crippen LogP contribution in [0.3, 0.4) is 0 Å². The number of benzene rings is 1. The van der Waals surface area contributed by atoms with Gasteiger partial charge in [0.05, 0.1) is 0 Å². The Morgan fingerprint density at radius 2 is 2.21 bits per heavy atom. The number of carboxylic acid groups (broad SMARTS) is 1. The van der Waals surface area contributed by atoms with E-state index in [2.05, 4.69) is 30.1 Å². The van der Waals surface area contributed by atoms with Gasteiger partial charge in [0.15, 0.2) is 0 Å². The molecule has 28 heavy (non-hydrogen) atoms. The molecule has 1 fully saturated rings. The number of carbonyl (C=O) groups is 1. The zero-order valence-corrected chi connectivity index (χ0v) is 18.8. The maximum Gasteiger partial charge on any atom is 1.00 e. The van der Waals surface area contributed by atoms with Gasteiger partial charge in [0.1, 0.15) is 18.2 Å². The molecular formula is C22H27FNNaO3. The van der Waals surface area contributed by atoms with Crippen LogP contribution in [-0.2, 0) is 11.2 Å². The molecule has 2 atom stereocenters. The quantitative estimate of drug-likeness (QED) is 0.576. The van der Waals surface area contributed by atoms with Crippen molar-refractivity contribution in [3.05, 3.63) is 53.4 Å². The van der Waals surface area contributed by atoms with Crippen LogP contribution in [0.25, 0.3) is 0 Å². The van der Waals surface area contributed by atoms with Gasteiger partial charge in [-0.25, -0.2) is 4.39 Å². The van der Waals surface area contributed by atoms with Crippen molar-refractivity contribution in [2.75, 3.05) is 19.7 Å². The molecule has 1 aromatic rings. The first-order valence-corrected chi connectivity index (χ1v) is 9.81. The minimum atomic E-state index is -1.18. The number of carboxylic acids is 1. The summed E-state index contributed by atoms with van der Waals surface area (Å²) in [5.74, 6) is -0.586. The Kier molecular flexibility index (Phi) is 9.22. The summed E-state index contributed by atoms with van der Waals surface area (Å²) in [7, 11) is 0. The fraction of sp³-hybridized carbons (Fsp3) is 0.500. The van der Waals surface area contributed by atoms with Crippen molar-refractivity contribution in [1.82, 2.24) is 4.90 Å². The van der Waals surface area contributed by atoms with Crippen LogP contribution in [0.4, 0.5) is 4.39 Å². The molecule has 1 aliphatic heterocycles. The van der Waals surface area contributed by atoms with E-state index in [1.54, 1.807) is 12.1 Å². The number of hydrogen-bond donors (Lipinski definition) is 0. The Labute approximate surface area is 188 Å². The SMILES string of the molecule is CCCN1CCCC2C=CC(COc3ccc(CCC(=O)[O-])c(F)c3)=CC21.[Na+]. The number of piperidine rings is 1. The number of halogens is 1. The van der Waals surface area contributed by atoms with E-state index in [4.69, 9.17) is 4.74 Å². The first-order chi connectivity index (χ1) is 13.1. The van der Waals surface area contributed by atoms with E-state index >= 15 is 0 Å². The van der Waals surface area contributed by atoms with Gasteiger partial charge in [0, 0.05) is 18.1 Å². The summed E-state index contributed by atoms with van der Waals surface area (Å²) in [6.45, 7) is 4.86. The molecule has 0 N–H and O–H groups in total. The van der Waals surface area contributed by atoms with Gasteiger partial charge in [-0.2, -0.15) is 0 Å². The second-order valence-corrected chi connectivity index (χ2v) is 7.35. The van der Waals surface area contributed by atoms with Gasteiger partial charge in [-0.1, -0.05) is 31.2 Å². The van der Waals surface area contributed by atoms with E-state index in [0.29, 0.717) is 29.9 Å². The van der Waals surface area contributed by atoms with Gasteiger partial charge < -0.3 is 14.6 Å². The molecule has 1 saturated heterocycles. The van der Waals surface area contributed by atoms with Crippen LogP contribution in [0.2, 0.25) is 0 Å². The van der Waals surface area contributed by atoms with Crippen LogP contribution < -0.4 is 39.4 Å². The van der Waals surface area contributed by atoms with Crippen LogP contribution in [-0.4, -0.2) is 36.6 Å². The number of nitrogens with zero attached hydrogens (tertiary/aromatic N) is 1. The number of aliphatic carboxylic acids is 1. The summed E-state index contributed by atoms with van der Waals surface area (Å²) >= 11 is 0. The third-order valence-electron chi connectivity index (χ3n) is 5.32. The molecule has 2 aliphatic rings. The molecule has 1 aromatic carbocycles. The molecule has 0 saturated carbocycles. The van der Waals surface area contributed by atoms with Gasteiger partial charge >= 0.3 is 29.6 Å². The second kappa shape index (κ2) is 11.1. The molecule has 2 unspecified atom stereocenters. The Morgan fingerprint density at radius 3 is 2.93 bits per heavy atom. The third kappa shape index (κ3) is 6.18. The number of rotatable bonds is 8. The molecular weight excluding hydrogens is 368 g/mol. The average molecular weight is 395 g/mol. The van der Waals surface area contributed by atoms with Crippen molar-refractivity contribution in [3.8, 4) is 5.75 Å². The summed E-state index contributed by atoms with van der Waals surface area (Å²) in [4.78, 5) is 13.1. The third-order valence-corrected chi connectivity index (χ3v) is 5.32. The standard InChI is InChI=1S/C22H28FNO3.Na/c1-2-11-24-12-3-4-18-6-5-16(13-21(18)24)15-27-19-9-7-17(20(23)14-19)8-10-22(25)26;/h5-7,9,13-14,18,21H,2-4,8,10-12,15H2,1H3,(H,25,26);/q;+1/p-1. The summed E-state index contributed by atoms with van der Waals surface area (Å²) in [5, 5.41) is 10.5. The molecule has 0 spiro atoms. The smallest absolute Gasteiger partial charge is 0.550 e. The number of carbonyl (C=O) groups excluding carboxylic acids is 1. The minimum absolute atomic E-state index is 0. The molecule has 0 bridgehead atoms. The normalized spacial score (nSPS) is 21.4. The zero-order valence-electron chi connectivity index (χ0n) is 16.8. The monoisotopic (exact) mass is 395 g/mol. The molecule has 3 rings (SSSR count). The van der Waals surface area contributed by atoms with E-state index < -0.39 is 11.8 Å². The maximum atomic E-state index is 14.1. The second-order valence-electron chi connectivity index (χ2n) is 7.35. The van der Waals surface area contributed by atoms with Crippen LogP contribution >= 0.6 is 0 Å². The molecule has 0 radical (unpaired) electrons. The molecule has 1 heterocycles. The van der Waals surface area contributed by atoms with Crippen LogP contribution in [0, 0.1) is 11.7 Å². The molecule has 6 heteroatoms. The Morgan fingerprint density at radius 1 is 1.39 bits per heavy atom. The molecule has 146 valence electrons. The van der Waals surface area contributed by atoms with Crippen molar-refractivity contribution in [2.45, 2.75) is 45.1 Å². The fourth-order valence-corrected chi connectivity index (χ4v) is 3.95. The van der Waals surface area contributed by atoms with Crippen LogP contribution in [0.5, 0.6) is 5.75 Å². The van der Waals surface area contributed by atoms with Gasteiger partial charge in [-0.05, 0) is 68.3 Å². The first kappa shape index (κ1) is 23.1. The van der Waals surface area contributed by atoms with Crippen LogP contribution in [0.1, 0.15) is 38.2 Å². The molecule has 0 aromatic heterocycles. The maximum absolute atomic E-state index is 14.1. The van der Waals surface area contributed by atoms with Gasteiger partial charge in [0.25, 0.3) is 0 Å². The number of aryl methyl sites for hydroxylation is 1. The van der Waals surface area contributed by atoms with Crippen molar-refractivity contribution in [2.24, 2.45) is 5.92 Å². The first-order valence-electron chi connectivity index (χ1n) is 9.81. The van der Waals surface area contributed by atoms with Gasteiger partial charge in [0.2, 0.25) is 0 Å². The van der Waals surface area contributed by atoms with Crippen molar-refractivity contribution >= 4 is 5.97 Å². The van der Waals surface area contributed by atoms with E-state index in [0.717, 1.165) is 25.1 Å². The molecule has 1 aliphatic carbocycles. The molecule has 0 amide bonds. The topological polar surface area (TPSA) is 52.6 Å². The van der Waals surface area contributed by atoms with E-state index in [1.807, 2.05) is 0 Å². The van der Waals surface area contributed by atoms with Crippen molar-refractivity contribution in [1.29, 1.82) is 0 Å². The minimum Gasteiger partial charge on any atom is -0.550 e. The Bertz CT molecular complexity index is 732. The molecule has 4 nitrogen and oxygen atoms in total. The van der Waals surface area contributed by atoms with Crippen molar-refractivity contribution < 1.29 is 48.6 Å². The van der Waals surface area contributed by atoms with E-state index in [-0.39, 0.29) is 42.4 Å². The largest absolute Gasteiger partial charge is 1.00 e. The number of hydrogen-bond acceptors (Lipinski definition) is 4. The van der Waals surface area contributed by atoms with E-state index in [9.17, 15) is 14.3 Å². The fourth-order valence-electron chi connectivity index (χ4n) is 3.95. The van der Waals surface area contributed by atoms with E-state index in [1.165, 1.54) is 18.9 Å². The number of ether oxygens (including phenoxy) is 1. The summed E-state index contributed by atoms with van der Waals surface area (Å²) in [6, 6.07) is 5.03. The predicted octanol–water partition coefficient (Wildman–Crippen LogP) is -0.122. The summed E-state index contributed by atoms with van der Waals surface area (Å²) < 4.78 is 19.9. The summed E-state index contributed by atoms with van der Waals surface area (Å²) in [6.07, 6.45) is 10.3. The van der Waals surface area contributed by atoms with Gasteiger partial charge in [-0.3, -0.25) is 4.90 Å². The Hall–Kier alpha value is -1.14. The van der Waals surface area contributed by atoms with Crippen LogP contribution in [0.15, 0.2) is 42.0 Å². The summed E-state index contributed by atoms with van der Waals surface area (Å²) in [5.41, 5.74) is 1.48. The van der Waals surface area contributed by atoms with Crippen molar-refractivity contribution in [3.63, 3.8) is 0 Å². The zero-order chi connectivity index (χ0) is 19.2.